The lowest BCUT2D eigenvalue weighted by Crippen LogP contribution is -2.27. The van der Waals surface area contributed by atoms with Crippen molar-refractivity contribution in [2.45, 2.75) is 13.5 Å². The van der Waals surface area contributed by atoms with Gasteiger partial charge >= 0.3 is 5.97 Å². The second-order valence-corrected chi connectivity index (χ2v) is 9.61. The summed E-state index contributed by atoms with van der Waals surface area (Å²) in [5, 5.41) is 1.82. The van der Waals surface area contributed by atoms with Crippen LogP contribution in [0.2, 0.25) is 0 Å². The van der Waals surface area contributed by atoms with Crippen LogP contribution in [-0.4, -0.2) is 29.1 Å². The first-order valence-corrected chi connectivity index (χ1v) is 12.4. The lowest BCUT2D eigenvalue weighted by molar-refractivity contribution is -0.123. The number of ether oxygens (including phenoxy) is 2. The molecule has 1 fully saturated rings. The van der Waals surface area contributed by atoms with E-state index in [1.807, 2.05) is 61.5 Å². The number of aryl methyl sites for hydroxylation is 1. The Morgan fingerprint density at radius 1 is 0.892 bits per heavy atom. The number of esters is 1. The Morgan fingerprint density at radius 2 is 1.65 bits per heavy atom. The van der Waals surface area contributed by atoms with Crippen LogP contribution in [-0.2, 0) is 11.3 Å². The van der Waals surface area contributed by atoms with Gasteiger partial charge in [-0.25, -0.2) is 4.79 Å². The minimum Gasteiger partial charge on any atom is -0.493 e. The van der Waals surface area contributed by atoms with Crippen LogP contribution in [0.5, 0.6) is 11.5 Å². The fourth-order valence-corrected chi connectivity index (χ4v) is 4.86. The van der Waals surface area contributed by atoms with Gasteiger partial charge in [0.2, 0.25) is 0 Å². The van der Waals surface area contributed by atoms with Gasteiger partial charge in [-0.3, -0.25) is 14.5 Å². The summed E-state index contributed by atoms with van der Waals surface area (Å²) >= 11 is 0.887. The van der Waals surface area contributed by atoms with Crippen molar-refractivity contribution in [1.82, 2.24) is 4.90 Å². The van der Waals surface area contributed by atoms with E-state index < -0.39 is 5.97 Å². The normalized spacial score (nSPS) is 14.4. The highest BCUT2D eigenvalue weighted by molar-refractivity contribution is 8.18. The summed E-state index contributed by atoms with van der Waals surface area (Å²) < 4.78 is 10.9. The molecule has 0 aromatic heterocycles. The fraction of sp³-hybridized carbons (Fsp3) is 0.100. The van der Waals surface area contributed by atoms with Gasteiger partial charge in [0.25, 0.3) is 11.1 Å². The molecule has 37 heavy (non-hydrogen) atoms. The number of thioether (sulfide) groups is 1. The van der Waals surface area contributed by atoms with Gasteiger partial charge in [0.15, 0.2) is 11.5 Å². The Kier molecular flexibility index (Phi) is 6.79. The van der Waals surface area contributed by atoms with E-state index in [1.165, 1.54) is 12.0 Å². The number of hydrogen-bond acceptors (Lipinski definition) is 6. The van der Waals surface area contributed by atoms with Gasteiger partial charge in [0.1, 0.15) is 0 Å². The molecule has 0 radical (unpaired) electrons. The topological polar surface area (TPSA) is 72.9 Å². The van der Waals surface area contributed by atoms with Gasteiger partial charge in [0, 0.05) is 0 Å². The van der Waals surface area contributed by atoms with Crippen molar-refractivity contribution in [3.63, 3.8) is 0 Å². The molecule has 184 valence electrons. The van der Waals surface area contributed by atoms with Crippen molar-refractivity contribution in [3.8, 4) is 11.5 Å². The second kappa shape index (κ2) is 10.3. The van der Waals surface area contributed by atoms with Crippen LogP contribution < -0.4 is 9.47 Å². The molecule has 1 saturated heterocycles. The largest absolute Gasteiger partial charge is 0.493 e. The van der Waals surface area contributed by atoms with E-state index in [9.17, 15) is 14.4 Å². The third-order valence-corrected chi connectivity index (χ3v) is 6.91. The molecule has 0 bridgehead atoms. The second-order valence-electron chi connectivity index (χ2n) is 8.62. The number of hydrogen-bond donors (Lipinski definition) is 0. The van der Waals surface area contributed by atoms with Crippen LogP contribution in [0.15, 0.2) is 89.8 Å². The van der Waals surface area contributed by atoms with E-state index in [-0.39, 0.29) is 23.4 Å². The summed E-state index contributed by atoms with van der Waals surface area (Å²) in [7, 11) is 1.48. The maximum absolute atomic E-state index is 13.1. The average Bonchev–Trinajstić information content (AvgIpc) is 3.16. The smallest absolute Gasteiger partial charge is 0.343 e. The maximum atomic E-state index is 13.1. The monoisotopic (exact) mass is 509 g/mol. The molecule has 5 rings (SSSR count). The molecule has 0 spiro atoms. The van der Waals surface area contributed by atoms with Gasteiger partial charge in [-0.15, -0.1) is 0 Å². The summed E-state index contributed by atoms with van der Waals surface area (Å²) in [6.07, 6.45) is 1.62. The number of imide groups is 1. The molecule has 1 aliphatic heterocycles. The Balaban J connectivity index is 1.36. The number of carbonyl (C=O) groups excluding carboxylic acids is 3. The zero-order valence-corrected chi connectivity index (χ0v) is 21.1. The Bertz CT molecular complexity index is 1560. The van der Waals surface area contributed by atoms with E-state index in [0.29, 0.717) is 21.8 Å². The first kappa shape index (κ1) is 24.3. The van der Waals surface area contributed by atoms with E-state index in [1.54, 1.807) is 36.4 Å². The first-order chi connectivity index (χ1) is 17.9. The van der Waals surface area contributed by atoms with E-state index in [0.717, 1.165) is 33.7 Å². The van der Waals surface area contributed by atoms with Crippen LogP contribution in [0.1, 0.15) is 27.0 Å². The summed E-state index contributed by atoms with van der Waals surface area (Å²) in [6.45, 7) is 2.12. The lowest BCUT2D eigenvalue weighted by Gasteiger charge is -2.13. The molecule has 0 atom stereocenters. The summed E-state index contributed by atoms with van der Waals surface area (Å²) in [6, 6.07) is 25.9. The SMILES string of the molecule is COc1ccc(/C=C2\SC(=O)N(Cc3ccc4ccccc4c3)C2=O)cc1OC(=O)c1ccc(C)cc1. The van der Waals surface area contributed by atoms with Gasteiger partial charge in [-0.1, -0.05) is 60.2 Å². The minimum absolute atomic E-state index is 0.189. The highest BCUT2D eigenvalue weighted by atomic mass is 32.2. The van der Waals surface area contributed by atoms with Crippen molar-refractivity contribution in [2.75, 3.05) is 7.11 Å². The molecule has 6 nitrogen and oxygen atoms in total. The third-order valence-electron chi connectivity index (χ3n) is 6.00. The molecule has 1 aliphatic rings. The molecule has 7 heteroatoms. The quantitative estimate of drug-likeness (QED) is 0.165. The Hall–Kier alpha value is -4.36. The summed E-state index contributed by atoms with van der Waals surface area (Å²) in [4.78, 5) is 40.0. The van der Waals surface area contributed by atoms with E-state index in [2.05, 4.69) is 0 Å². The Morgan fingerprint density at radius 3 is 2.41 bits per heavy atom. The molecule has 1 heterocycles. The van der Waals surface area contributed by atoms with E-state index in [4.69, 9.17) is 9.47 Å². The zero-order valence-electron chi connectivity index (χ0n) is 20.3. The van der Waals surface area contributed by atoms with Crippen molar-refractivity contribution in [2.24, 2.45) is 0 Å². The predicted octanol–water partition coefficient (Wildman–Crippen LogP) is 6.61. The maximum Gasteiger partial charge on any atom is 0.343 e. The third kappa shape index (κ3) is 5.27. The Labute approximate surface area is 218 Å². The summed E-state index contributed by atoms with van der Waals surface area (Å²) in [5.41, 5.74) is 2.92. The van der Waals surface area contributed by atoms with Crippen LogP contribution >= 0.6 is 11.8 Å². The average molecular weight is 510 g/mol. The molecular formula is C30H23NO5S. The number of methoxy groups -OCH3 is 1. The number of carbonyl (C=O) groups is 3. The van der Waals surface area contributed by atoms with Crippen molar-refractivity contribution in [1.29, 1.82) is 0 Å². The van der Waals surface area contributed by atoms with Gasteiger partial charge in [0.05, 0.1) is 24.1 Å². The molecule has 0 N–H and O–H groups in total. The molecule has 0 saturated carbocycles. The standard InChI is InChI=1S/C30H23NO5S/c1-19-7-11-23(12-8-19)29(33)36-26-16-20(10-14-25(26)35-2)17-27-28(32)31(30(34)37-27)18-21-9-13-22-5-3-4-6-24(22)15-21/h3-17H,18H2,1-2H3/b27-17-. The molecule has 4 aromatic carbocycles. The van der Waals surface area contributed by atoms with Crippen molar-refractivity contribution >= 4 is 45.7 Å². The zero-order chi connectivity index (χ0) is 25.9. The highest BCUT2D eigenvalue weighted by Gasteiger charge is 2.35. The van der Waals surface area contributed by atoms with Gasteiger partial charge < -0.3 is 9.47 Å². The predicted molar refractivity (Wildman–Crippen MR) is 145 cm³/mol. The summed E-state index contributed by atoms with van der Waals surface area (Å²) in [5.74, 6) is -0.289. The number of nitrogens with zero attached hydrogens (tertiary/aromatic N) is 1. The molecular weight excluding hydrogens is 486 g/mol. The lowest BCUT2D eigenvalue weighted by atomic mass is 10.1. The number of benzene rings is 4. The minimum atomic E-state index is -0.522. The number of fused-ring (bicyclic) bond motifs is 1. The highest BCUT2D eigenvalue weighted by Crippen LogP contribution is 2.35. The van der Waals surface area contributed by atoms with Gasteiger partial charge in [-0.2, -0.15) is 0 Å². The number of rotatable bonds is 6. The molecule has 4 aromatic rings. The number of amides is 2. The molecule has 0 aliphatic carbocycles. The van der Waals surface area contributed by atoms with Crippen LogP contribution in [0, 0.1) is 6.92 Å². The first-order valence-electron chi connectivity index (χ1n) is 11.6. The van der Waals surface area contributed by atoms with Crippen LogP contribution in [0.4, 0.5) is 4.79 Å². The van der Waals surface area contributed by atoms with E-state index >= 15 is 0 Å². The molecule has 2 amide bonds. The van der Waals surface area contributed by atoms with Crippen molar-refractivity contribution < 1.29 is 23.9 Å². The fourth-order valence-electron chi connectivity index (χ4n) is 4.02. The molecule has 0 unspecified atom stereocenters. The van der Waals surface area contributed by atoms with Gasteiger partial charge in [-0.05, 0) is 77.0 Å². The van der Waals surface area contributed by atoms with Crippen LogP contribution in [0.3, 0.4) is 0 Å². The van der Waals surface area contributed by atoms with Crippen molar-refractivity contribution in [3.05, 3.63) is 112 Å². The van der Waals surface area contributed by atoms with Crippen LogP contribution in [0.25, 0.3) is 16.8 Å².